The maximum atomic E-state index is 10.8. The van der Waals surface area contributed by atoms with Crippen molar-refractivity contribution in [3.8, 4) is 0 Å². The third-order valence-electron chi connectivity index (χ3n) is 4.60. The first-order chi connectivity index (χ1) is 15.0. The van der Waals surface area contributed by atoms with Crippen molar-refractivity contribution in [1.82, 2.24) is 0 Å². The van der Waals surface area contributed by atoms with E-state index in [9.17, 15) is 4.79 Å². The third-order valence-corrected chi connectivity index (χ3v) is 4.60. The predicted molar refractivity (Wildman–Crippen MR) is 128 cm³/mol. The number of carboxylic acid groups (broad SMARTS) is 1. The molecule has 5 nitrogen and oxygen atoms in total. The zero-order valence-electron chi connectivity index (χ0n) is 18.8. The molecule has 0 radical (unpaired) electrons. The fourth-order valence-corrected chi connectivity index (χ4v) is 3.00. The van der Waals surface area contributed by atoms with Crippen LogP contribution in [-0.4, -0.2) is 38.6 Å². The van der Waals surface area contributed by atoms with E-state index in [0.29, 0.717) is 18.7 Å². The van der Waals surface area contributed by atoms with Gasteiger partial charge in [-0.2, -0.15) is 0 Å². The molecule has 0 atom stereocenters. The van der Waals surface area contributed by atoms with Gasteiger partial charge in [0.1, 0.15) is 0 Å². The Kier molecular flexibility index (Phi) is 12.3. The van der Waals surface area contributed by atoms with Crippen LogP contribution in [0.5, 0.6) is 0 Å². The number of hydrogen-bond acceptors (Lipinski definition) is 4. The number of hydrogen-bond donors (Lipinski definition) is 1. The number of allylic oxidation sites excluding steroid dienone is 6. The standard InChI is InChI=1S/C26H33NO4/c1-6-22(10-8-18-31-5)26(27-3)24(19-20(2)9-7-17-30-4)23-14-11-21(12-15-23)13-16-25(28)29/h6,8,10-12,14-15,18-19H,1,3,7,9,13,16-17H2,2,4-5H3,(H,28,29)/b18-8+,20-19+,22-10+,26-24+. The van der Waals surface area contributed by atoms with Crippen molar-refractivity contribution in [2.75, 3.05) is 20.8 Å². The van der Waals surface area contributed by atoms with E-state index in [1.807, 2.05) is 30.3 Å². The number of nitrogens with zero attached hydrogens (tertiary/aromatic N) is 1. The molecule has 0 aliphatic rings. The lowest BCUT2D eigenvalue weighted by Gasteiger charge is -2.13. The van der Waals surface area contributed by atoms with Crippen LogP contribution in [0.4, 0.5) is 0 Å². The molecule has 5 heteroatoms. The Labute approximate surface area is 185 Å². The number of methoxy groups -OCH3 is 2. The highest BCUT2D eigenvalue weighted by Crippen LogP contribution is 2.29. The lowest BCUT2D eigenvalue weighted by Crippen LogP contribution is -1.98. The SMILES string of the molecule is C=CC(=C\C=C\OC)/C(N=C)=C(/C=C(\C)CCCOC)c1ccc(CCC(=O)O)cc1. The molecule has 166 valence electrons. The molecule has 0 aromatic heterocycles. The first kappa shape index (κ1) is 25.9. The van der Waals surface area contributed by atoms with Crippen LogP contribution in [0.2, 0.25) is 0 Å². The summed E-state index contributed by atoms with van der Waals surface area (Å²) in [5.41, 5.74) is 5.58. The van der Waals surface area contributed by atoms with Crippen molar-refractivity contribution in [1.29, 1.82) is 0 Å². The zero-order valence-corrected chi connectivity index (χ0v) is 18.8. The average molecular weight is 424 g/mol. The van der Waals surface area contributed by atoms with E-state index in [0.717, 1.165) is 35.1 Å². The second-order valence-electron chi connectivity index (χ2n) is 6.99. The second kappa shape index (κ2) is 14.7. The fraction of sp³-hybridized carbons (Fsp3) is 0.308. The van der Waals surface area contributed by atoms with Crippen LogP contribution in [-0.2, 0) is 20.7 Å². The Morgan fingerprint density at radius 3 is 2.45 bits per heavy atom. The molecule has 1 rings (SSSR count). The summed E-state index contributed by atoms with van der Waals surface area (Å²) in [6.45, 7) is 10.5. The van der Waals surface area contributed by atoms with Crippen LogP contribution < -0.4 is 0 Å². The maximum absolute atomic E-state index is 10.8. The fourth-order valence-electron chi connectivity index (χ4n) is 3.00. The van der Waals surface area contributed by atoms with Gasteiger partial charge in [0, 0.05) is 31.3 Å². The van der Waals surface area contributed by atoms with Crippen LogP contribution in [0.25, 0.3) is 5.57 Å². The van der Waals surface area contributed by atoms with Gasteiger partial charge >= 0.3 is 5.97 Å². The van der Waals surface area contributed by atoms with Crippen LogP contribution >= 0.6 is 0 Å². The topological polar surface area (TPSA) is 68.1 Å². The monoisotopic (exact) mass is 423 g/mol. The number of aliphatic carboxylic acids is 1. The van der Waals surface area contributed by atoms with Crippen LogP contribution in [0.1, 0.15) is 37.3 Å². The van der Waals surface area contributed by atoms with Crippen LogP contribution in [0.3, 0.4) is 0 Å². The molecular formula is C26H33NO4. The number of aliphatic imine (C=N–C) groups is 1. The molecule has 0 unspecified atom stereocenters. The van der Waals surface area contributed by atoms with Gasteiger partial charge in [0.25, 0.3) is 0 Å². The summed E-state index contributed by atoms with van der Waals surface area (Å²) in [5, 5.41) is 8.91. The molecule has 0 spiro atoms. The molecule has 1 aromatic rings. The predicted octanol–water partition coefficient (Wildman–Crippen LogP) is 5.76. The minimum atomic E-state index is -0.803. The summed E-state index contributed by atoms with van der Waals surface area (Å²) in [6.07, 6.45) is 11.5. The minimum Gasteiger partial charge on any atom is -0.504 e. The van der Waals surface area contributed by atoms with E-state index in [1.165, 1.54) is 5.57 Å². The molecule has 0 saturated heterocycles. The smallest absolute Gasteiger partial charge is 0.303 e. The molecule has 0 aliphatic heterocycles. The van der Waals surface area contributed by atoms with Gasteiger partial charge in [0.05, 0.1) is 19.1 Å². The van der Waals surface area contributed by atoms with Crippen molar-refractivity contribution in [3.05, 3.63) is 89.4 Å². The summed E-state index contributed by atoms with van der Waals surface area (Å²) in [4.78, 5) is 15.2. The van der Waals surface area contributed by atoms with Crippen molar-refractivity contribution in [3.63, 3.8) is 0 Å². The molecule has 0 fully saturated rings. The van der Waals surface area contributed by atoms with Gasteiger partial charge in [-0.05, 0) is 56.2 Å². The van der Waals surface area contributed by atoms with E-state index in [4.69, 9.17) is 14.6 Å². The molecular weight excluding hydrogens is 390 g/mol. The summed E-state index contributed by atoms with van der Waals surface area (Å²) >= 11 is 0. The Morgan fingerprint density at radius 1 is 1.19 bits per heavy atom. The van der Waals surface area contributed by atoms with E-state index < -0.39 is 5.97 Å². The van der Waals surface area contributed by atoms with Gasteiger partial charge in [-0.25, -0.2) is 0 Å². The van der Waals surface area contributed by atoms with E-state index in [-0.39, 0.29) is 6.42 Å². The summed E-state index contributed by atoms with van der Waals surface area (Å²) in [7, 11) is 3.29. The van der Waals surface area contributed by atoms with Crippen molar-refractivity contribution in [2.24, 2.45) is 4.99 Å². The number of aryl methyl sites for hydroxylation is 1. The second-order valence-corrected chi connectivity index (χ2v) is 6.99. The number of rotatable bonds is 14. The molecule has 0 bridgehead atoms. The zero-order chi connectivity index (χ0) is 23.1. The van der Waals surface area contributed by atoms with Crippen LogP contribution in [0.15, 0.2) is 83.2 Å². The van der Waals surface area contributed by atoms with Gasteiger partial charge in [-0.1, -0.05) is 48.6 Å². The Balaban J connectivity index is 3.46. The number of carboxylic acids is 1. The van der Waals surface area contributed by atoms with Crippen molar-refractivity contribution in [2.45, 2.75) is 32.6 Å². The Morgan fingerprint density at radius 2 is 1.90 bits per heavy atom. The van der Waals surface area contributed by atoms with Gasteiger partial charge in [0.15, 0.2) is 0 Å². The van der Waals surface area contributed by atoms with Gasteiger partial charge in [0.2, 0.25) is 0 Å². The number of ether oxygens (including phenoxy) is 2. The average Bonchev–Trinajstić information content (AvgIpc) is 2.76. The first-order valence-electron chi connectivity index (χ1n) is 10.2. The summed E-state index contributed by atoms with van der Waals surface area (Å²) < 4.78 is 10.1. The minimum absolute atomic E-state index is 0.106. The van der Waals surface area contributed by atoms with Crippen molar-refractivity contribution < 1.29 is 19.4 Å². The highest BCUT2D eigenvalue weighted by molar-refractivity contribution is 5.81. The quantitative estimate of drug-likeness (QED) is 0.179. The largest absolute Gasteiger partial charge is 0.504 e. The molecule has 0 saturated carbocycles. The maximum Gasteiger partial charge on any atom is 0.303 e. The number of benzene rings is 1. The van der Waals surface area contributed by atoms with E-state index in [1.54, 1.807) is 32.6 Å². The van der Waals surface area contributed by atoms with Gasteiger partial charge in [-0.15, -0.1) is 0 Å². The Bertz CT molecular complexity index is 858. The summed E-state index contributed by atoms with van der Waals surface area (Å²) in [6, 6.07) is 7.88. The first-order valence-corrected chi connectivity index (χ1v) is 10.2. The lowest BCUT2D eigenvalue weighted by atomic mass is 9.95. The molecule has 0 aliphatic carbocycles. The molecule has 0 amide bonds. The highest BCUT2D eigenvalue weighted by atomic mass is 16.5. The van der Waals surface area contributed by atoms with Gasteiger partial charge < -0.3 is 14.6 Å². The van der Waals surface area contributed by atoms with Crippen molar-refractivity contribution >= 4 is 18.3 Å². The highest BCUT2D eigenvalue weighted by Gasteiger charge is 2.11. The summed E-state index contributed by atoms with van der Waals surface area (Å²) in [5.74, 6) is -0.803. The molecule has 31 heavy (non-hydrogen) atoms. The van der Waals surface area contributed by atoms with E-state index >= 15 is 0 Å². The van der Waals surface area contributed by atoms with E-state index in [2.05, 4.69) is 31.3 Å². The molecule has 1 N–H and O–H groups in total. The lowest BCUT2D eigenvalue weighted by molar-refractivity contribution is -0.136. The molecule has 1 aromatic carbocycles. The third kappa shape index (κ3) is 9.45. The number of carbonyl (C=O) groups is 1. The normalized spacial score (nSPS) is 13.1. The molecule has 0 heterocycles. The van der Waals surface area contributed by atoms with Crippen LogP contribution in [0, 0.1) is 0 Å². The Hall–Kier alpha value is -3.18. The van der Waals surface area contributed by atoms with Gasteiger partial charge in [-0.3, -0.25) is 9.79 Å².